The molecule has 2 rings (SSSR count). The van der Waals surface area contributed by atoms with Gasteiger partial charge >= 0.3 is 5.97 Å². The molecule has 0 radical (unpaired) electrons. The number of methoxy groups -OCH3 is 1. The first-order valence-electron chi connectivity index (χ1n) is 5.47. The molecule has 94 valence electrons. The average Bonchev–Trinajstić information content (AvgIpc) is 2.39. The molecule has 5 heteroatoms. The van der Waals surface area contributed by atoms with Gasteiger partial charge in [0.25, 0.3) is 0 Å². The first kappa shape index (κ1) is 12.8. The number of pyridine rings is 1. The topological polar surface area (TPSA) is 48.4 Å². The number of hydrogen-bond acceptors (Lipinski definition) is 4. The zero-order chi connectivity index (χ0) is 13.1. The third kappa shape index (κ3) is 2.31. The van der Waals surface area contributed by atoms with Gasteiger partial charge in [-0.05, 0) is 35.0 Å². The molecule has 0 saturated heterocycles. The fourth-order valence-electron chi connectivity index (χ4n) is 1.67. The molecule has 0 aliphatic rings. The van der Waals surface area contributed by atoms with Gasteiger partial charge in [0, 0.05) is 15.9 Å². The van der Waals surface area contributed by atoms with Gasteiger partial charge in [-0.2, -0.15) is 0 Å². The standard InChI is InChI=1S/C13H12BrNO3/c1-3-18-11-7-10(13(16)17-2)15-12-8(11)5-4-6-9(12)14/h4-7H,3H2,1-2H3. The van der Waals surface area contributed by atoms with Crippen LogP contribution < -0.4 is 4.74 Å². The number of aromatic nitrogens is 1. The Balaban J connectivity index is 2.70. The number of para-hydroxylation sites is 1. The summed E-state index contributed by atoms with van der Waals surface area (Å²) in [6, 6.07) is 7.27. The van der Waals surface area contributed by atoms with Gasteiger partial charge in [-0.1, -0.05) is 6.07 Å². The Morgan fingerprint density at radius 3 is 2.89 bits per heavy atom. The summed E-state index contributed by atoms with van der Waals surface area (Å²) in [5, 5.41) is 0.860. The number of nitrogens with zero attached hydrogens (tertiary/aromatic N) is 1. The highest BCUT2D eigenvalue weighted by atomic mass is 79.9. The molecule has 18 heavy (non-hydrogen) atoms. The van der Waals surface area contributed by atoms with E-state index in [0.29, 0.717) is 17.9 Å². The SMILES string of the molecule is CCOc1cc(C(=O)OC)nc2c(Br)cccc12. The van der Waals surface area contributed by atoms with E-state index in [1.165, 1.54) is 7.11 Å². The van der Waals surface area contributed by atoms with E-state index in [1.807, 2.05) is 25.1 Å². The van der Waals surface area contributed by atoms with Gasteiger partial charge in [0.15, 0.2) is 5.69 Å². The summed E-state index contributed by atoms with van der Waals surface area (Å²) < 4.78 is 11.0. The largest absolute Gasteiger partial charge is 0.493 e. The number of carbonyl (C=O) groups excluding carboxylic acids is 1. The van der Waals surface area contributed by atoms with E-state index in [1.54, 1.807) is 6.07 Å². The molecule has 0 aliphatic heterocycles. The van der Waals surface area contributed by atoms with Crippen molar-refractivity contribution in [1.82, 2.24) is 4.98 Å². The molecule has 2 aromatic rings. The second kappa shape index (κ2) is 5.35. The summed E-state index contributed by atoms with van der Waals surface area (Å²) >= 11 is 3.42. The highest BCUT2D eigenvalue weighted by Gasteiger charge is 2.14. The van der Waals surface area contributed by atoms with Crippen molar-refractivity contribution >= 4 is 32.8 Å². The van der Waals surface area contributed by atoms with Crippen LogP contribution in [0.25, 0.3) is 10.9 Å². The minimum absolute atomic E-state index is 0.236. The first-order valence-corrected chi connectivity index (χ1v) is 6.27. The maximum Gasteiger partial charge on any atom is 0.356 e. The Morgan fingerprint density at radius 1 is 1.44 bits per heavy atom. The predicted octanol–water partition coefficient (Wildman–Crippen LogP) is 3.18. The molecule has 1 aromatic heterocycles. The van der Waals surface area contributed by atoms with Gasteiger partial charge in [-0.3, -0.25) is 0 Å². The second-order valence-electron chi connectivity index (χ2n) is 3.57. The molecule has 0 unspecified atom stereocenters. The molecule has 0 aliphatic carbocycles. The minimum atomic E-state index is -0.478. The lowest BCUT2D eigenvalue weighted by atomic mass is 10.2. The third-order valence-corrected chi connectivity index (χ3v) is 3.09. The van der Waals surface area contributed by atoms with E-state index in [-0.39, 0.29) is 5.69 Å². The normalized spacial score (nSPS) is 10.4. The highest BCUT2D eigenvalue weighted by Crippen LogP contribution is 2.30. The van der Waals surface area contributed by atoms with E-state index in [2.05, 4.69) is 25.7 Å². The van der Waals surface area contributed by atoms with Gasteiger partial charge in [0.05, 0.1) is 19.2 Å². The fourth-order valence-corrected chi connectivity index (χ4v) is 2.12. The van der Waals surface area contributed by atoms with Crippen LogP contribution in [0.4, 0.5) is 0 Å². The maximum absolute atomic E-state index is 11.6. The molecule has 0 bridgehead atoms. The Kier molecular flexibility index (Phi) is 3.81. The van der Waals surface area contributed by atoms with Crippen LogP contribution in [0.3, 0.4) is 0 Å². The highest BCUT2D eigenvalue weighted by molar-refractivity contribution is 9.10. The molecule has 0 amide bonds. The smallest absolute Gasteiger partial charge is 0.356 e. The number of esters is 1. The van der Waals surface area contributed by atoms with E-state index < -0.39 is 5.97 Å². The molecular weight excluding hydrogens is 298 g/mol. The van der Waals surface area contributed by atoms with Crippen LogP contribution in [0.15, 0.2) is 28.7 Å². The third-order valence-electron chi connectivity index (χ3n) is 2.45. The quantitative estimate of drug-likeness (QED) is 0.817. The summed E-state index contributed by atoms with van der Waals surface area (Å²) in [6.07, 6.45) is 0. The summed E-state index contributed by atoms with van der Waals surface area (Å²) in [4.78, 5) is 15.9. The van der Waals surface area contributed by atoms with Gasteiger partial charge in [0.2, 0.25) is 0 Å². The molecule has 0 fully saturated rings. The van der Waals surface area contributed by atoms with Crippen LogP contribution in [0.5, 0.6) is 5.75 Å². The number of benzene rings is 1. The monoisotopic (exact) mass is 309 g/mol. The van der Waals surface area contributed by atoms with Crippen molar-refractivity contribution in [3.8, 4) is 5.75 Å². The van der Waals surface area contributed by atoms with Gasteiger partial charge in [0.1, 0.15) is 5.75 Å². The maximum atomic E-state index is 11.6. The molecule has 0 atom stereocenters. The Morgan fingerprint density at radius 2 is 2.22 bits per heavy atom. The van der Waals surface area contributed by atoms with E-state index in [0.717, 1.165) is 9.86 Å². The van der Waals surface area contributed by atoms with Crippen LogP contribution in [-0.2, 0) is 4.74 Å². The van der Waals surface area contributed by atoms with Crippen molar-refractivity contribution in [2.45, 2.75) is 6.92 Å². The Labute approximate surface area is 113 Å². The lowest BCUT2D eigenvalue weighted by Crippen LogP contribution is -2.06. The van der Waals surface area contributed by atoms with Crippen LogP contribution in [0.1, 0.15) is 17.4 Å². The van der Waals surface area contributed by atoms with Crippen molar-refractivity contribution in [2.24, 2.45) is 0 Å². The number of carbonyl (C=O) groups is 1. The first-order chi connectivity index (χ1) is 8.67. The van der Waals surface area contributed by atoms with Crippen molar-refractivity contribution in [3.05, 3.63) is 34.4 Å². The van der Waals surface area contributed by atoms with E-state index in [4.69, 9.17) is 4.74 Å². The number of rotatable bonds is 3. The average molecular weight is 310 g/mol. The predicted molar refractivity (Wildman–Crippen MR) is 72.0 cm³/mol. The Hall–Kier alpha value is -1.62. The van der Waals surface area contributed by atoms with Gasteiger partial charge in [-0.25, -0.2) is 9.78 Å². The van der Waals surface area contributed by atoms with Crippen molar-refractivity contribution in [3.63, 3.8) is 0 Å². The molecule has 4 nitrogen and oxygen atoms in total. The Bertz CT molecular complexity index is 598. The van der Waals surface area contributed by atoms with Crippen molar-refractivity contribution in [1.29, 1.82) is 0 Å². The summed E-state index contributed by atoms with van der Waals surface area (Å²) in [6.45, 7) is 2.41. The molecule has 0 N–H and O–H groups in total. The summed E-state index contributed by atoms with van der Waals surface area (Å²) in [5.74, 6) is 0.151. The summed E-state index contributed by atoms with van der Waals surface area (Å²) in [7, 11) is 1.33. The molecular formula is C13H12BrNO3. The fraction of sp³-hybridized carbons (Fsp3) is 0.231. The number of fused-ring (bicyclic) bond motifs is 1. The number of ether oxygens (including phenoxy) is 2. The van der Waals surface area contributed by atoms with Gasteiger partial charge < -0.3 is 9.47 Å². The van der Waals surface area contributed by atoms with Crippen LogP contribution in [-0.4, -0.2) is 24.7 Å². The van der Waals surface area contributed by atoms with Crippen molar-refractivity contribution < 1.29 is 14.3 Å². The van der Waals surface area contributed by atoms with Crippen LogP contribution in [0.2, 0.25) is 0 Å². The molecule has 0 spiro atoms. The minimum Gasteiger partial charge on any atom is -0.493 e. The van der Waals surface area contributed by atoms with Crippen LogP contribution >= 0.6 is 15.9 Å². The van der Waals surface area contributed by atoms with E-state index in [9.17, 15) is 4.79 Å². The zero-order valence-electron chi connectivity index (χ0n) is 10.1. The lowest BCUT2D eigenvalue weighted by molar-refractivity contribution is 0.0594. The number of halogens is 1. The molecule has 1 heterocycles. The number of hydrogen-bond donors (Lipinski definition) is 0. The molecule has 0 saturated carbocycles. The van der Waals surface area contributed by atoms with Crippen molar-refractivity contribution in [2.75, 3.05) is 13.7 Å². The van der Waals surface area contributed by atoms with Gasteiger partial charge in [-0.15, -0.1) is 0 Å². The van der Waals surface area contributed by atoms with E-state index >= 15 is 0 Å². The second-order valence-corrected chi connectivity index (χ2v) is 4.42. The van der Waals surface area contributed by atoms with Crippen LogP contribution in [0, 0.1) is 0 Å². The lowest BCUT2D eigenvalue weighted by Gasteiger charge is -2.10. The summed E-state index contributed by atoms with van der Waals surface area (Å²) in [5.41, 5.74) is 0.921. The molecule has 1 aromatic carbocycles. The zero-order valence-corrected chi connectivity index (χ0v) is 11.7.